The van der Waals surface area contributed by atoms with E-state index in [4.69, 9.17) is 19.2 Å². The van der Waals surface area contributed by atoms with E-state index in [9.17, 15) is 4.79 Å². The Hall–Kier alpha value is -2.54. The van der Waals surface area contributed by atoms with E-state index in [0.717, 1.165) is 29.2 Å². The first-order valence-electron chi connectivity index (χ1n) is 8.64. The molecule has 1 aliphatic heterocycles. The molecule has 2 heterocycles. The predicted octanol–water partition coefficient (Wildman–Crippen LogP) is 4.61. The van der Waals surface area contributed by atoms with Gasteiger partial charge < -0.3 is 19.5 Å². The molecular formula is C19H22N2O4S. The highest BCUT2D eigenvalue weighted by atomic mass is 32.1. The number of hydrogen-bond acceptors (Lipinski definition) is 7. The molecule has 1 aromatic carbocycles. The summed E-state index contributed by atoms with van der Waals surface area (Å²) in [5.74, 6) is 0.796. The molecule has 0 radical (unpaired) electrons. The normalized spacial score (nSPS) is 13.6. The summed E-state index contributed by atoms with van der Waals surface area (Å²) in [6.07, 6.45) is 6.53. The maximum absolute atomic E-state index is 11.6. The number of methoxy groups -OCH3 is 1. The molecule has 3 rings (SSSR count). The molecule has 0 atom stereocenters. The highest BCUT2D eigenvalue weighted by Gasteiger charge is 2.13. The van der Waals surface area contributed by atoms with Gasteiger partial charge in [-0.15, -0.1) is 0 Å². The van der Waals surface area contributed by atoms with Crippen LogP contribution >= 0.6 is 11.3 Å². The van der Waals surface area contributed by atoms with Crippen molar-refractivity contribution < 1.29 is 19.0 Å². The lowest BCUT2D eigenvalue weighted by Gasteiger charge is -2.09. The van der Waals surface area contributed by atoms with Crippen LogP contribution in [0.2, 0.25) is 0 Å². The summed E-state index contributed by atoms with van der Waals surface area (Å²) in [5, 5.41) is 5.56. The first-order valence-corrected chi connectivity index (χ1v) is 9.45. The standard InChI is InChI=1S/C19H22N2O4S/c1-3-24-19(22)25-16-12-13(7-9-15(16)23-2)8-10-17-21-14-6-4-5-11-20-18(14)26-17/h7-10,12,20H,3-6,11H2,1-2H3. The predicted molar refractivity (Wildman–Crippen MR) is 103 cm³/mol. The largest absolute Gasteiger partial charge is 0.513 e. The molecule has 0 amide bonds. The zero-order chi connectivity index (χ0) is 18.4. The summed E-state index contributed by atoms with van der Waals surface area (Å²) in [6, 6.07) is 5.39. The van der Waals surface area contributed by atoms with Crippen molar-refractivity contribution in [3.63, 3.8) is 0 Å². The SMILES string of the molecule is CCOC(=O)Oc1cc(C=Cc2nc3c(s2)NCCCC3)ccc1OC. The van der Waals surface area contributed by atoms with E-state index in [-0.39, 0.29) is 6.61 Å². The molecule has 2 aromatic rings. The van der Waals surface area contributed by atoms with Crippen molar-refractivity contribution in [2.75, 3.05) is 25.6 Å². The molecule has 0 saturated heterocycles. The van der Waals surface area contributed by atoms with Crippen LogP contribution in [0.5, 0.6) is 11.5 Å². The number of nitrogens with one attached hydrogen (secondary N) is 1. The average molecular weight is 374 g/mol. The topological polar surface area (TPSA) is 69.7 Å². The molecule has 1 aliphatic rings. The Morgan fingerprint density at radius 3 is 3.00 bits per heavy atom. The van der Waals surface area contributed by atoms with Gasteiger partial charge in [0.15, 0.2) is 11.5 Å². The van der Waals surface area contributed by atoms with E-state index in [1.165, 1.54) is 25.0 Å². The number of hydrogen-bond donors (Lipinski definition) is 1. The number of anilines is 1. The fourth-order valence-corrected chi connectivity index (χ4v) is 3.59. The number of thiazole rings is 1. The number of aryl methyl sites for hydroxylation is 1. The number of nitrogens with zero attached hydrogens (tertiary/aromatic N) is 1. The van der Waals surface area contributed by atoms with Gasteiger partial charge in [0.1, 0.15) is 10.0 Å². The minimum Gasteiger partial charge on any atom is -0.493 e. The number of rotatable bonds is 5. The van der Waals surface area contributed by atoms with E-state index >= 15 is 0 Å². The molecule has 0 fully saturated rings. The third-order valence-corrected chi connectivity index (χ3v) is 4.92. The van der Waals surface area contributed by atoms with Gasteiger partial charge in [-0.1, -0.05) is 23.5 Å². The van der Waals surface area contributed by atoms with Crippen LogP contribution in [-0.2, 0) is 11.2 Å². The highest BCUT2D eigenvalue weighted by molar-refractivity contribution is 7.16. The second-order valence-electron chi connectivity index (χ2n) is 5.74. The Morgan fingerprint density at radius 1 is 1.31 bits per heavy atom. The van der Waals surface area contributed by atoms with Crippen molar-refractivity contribution in [1.82, 2.24) is 4.98 Å². The molecule has 0 saturated carbocycles. The molecule has 1 N–H and O–H groups in total. The maximum Gasteiger partial charge on any atom is 0.513 e. The van der Waals surface area contributed by atoms with Gasteiger partial charge in [0.2, 0.25) is 0 Å². The first kappa shape index (κ1) is 18.3. The lowest BCUT2D eigenvalue weighted by molar-refractivity contribution is 0.103. The zero-order valence-corrected chi connectivity index (χ0v) is 15.7. The van der Waals surface area contributed by atoms with E-state index in [2.05, 4.69) is 5.32 Å². The minimum atomic E-state index is -0.748. The number of ether oxygens (including phenoxy) is 3. The highest BCUT2D eigenvalue weighted by Crippen LogP contribution is 2.31. The van der Waals surface area contributed by atoms with Gasteiger partial charge in [-0.25, -0.2) is 9.78 Å². The quantitative estimate of drug-likeness (QED) is 0.609. The summed E-state index contributed by atoms with van der Waals surface area (Å²) < 4.78 is 15.3. The summed E-state index contributed by atoms with van der Waals surface area (Å²) in [6.45, 7) is 2.98. The summed E-state index contributed by atoms with van der Waals surface area (Å²) in [5.41, 5.74) is 2.02. The first-order chi connectivity index (χ1) is 12.7. The minimum absolute atomic E-state index is 0.253. The Kier molecular flexibility index (Phi) is 6.12. The van der Waals surface area contributed by atoms with Crippen molar-refractivity contribution in [3.05, 3.63) is 34.5 Å². The molecule has 0 unspecified atom stereocenters. The smallest absolute Gasteiger partial charge is 0.493 e. The van der Waals surface area contributed by atoms with Gasteiger partial charge in [-0.2, -0.15) is 0 Å². The summed E-state index contributed by atoms with van der Waals surface area (Å²) >= 11 is 1.66. The zero-order valence-electron chi connectivity index (χ0n) is 14.9. The lowest BCUT2D eigenvalue weighted by Crippen LogP contribution is -2.10. The number of fused-ring (bicyclic) bond motifs is 1. The van der Waals surface area contributed by atoms with E-state index in [0.29, 0.717) is 11.5 Å². The Bertz CT molecular complexity index is 777. The van der Waals surface area contributed by atoms with E-state index in [1.54, 1.807) is 30.4 Å². The molecule has 0 bridgehead atoms. The monoisotopic (exact) mass is 374 g/mol. The van der Waals surface area contributed by atoms with Crippen molar-refractivity contribution in [3.8, 4) is 11.5 Å². The van der Waals surface area contributed by atoms with Gasteiger partial charge in [-0.3, -0.25) is 0 Å². The van der Waals surface area contributed by atoms with Crippen molar-refractivity contribution in [1.29, 1.82) is 0 Å². The van der Waals surface area contributed by atoms with Crippen LogP contribution in [0.1, 0.15) is 36.0 Å². The molecule has 1 aromatic heterocycles. The molecule has 138 valence electrons. The van der Waals surface area contributed by atoms with Crippen LogP contribution in [-0.4, -0.2) is 31.4 Å². The van der Waals surface area contributed by atoms with Crippen LogP contribution in [0.4, 0.5) is 9.80 Å². The molecule has 7 heteroatoms. The van der Waals surface area contributed by atoms with Crippen molar-refractivity contribution >= 4 is 34.6 Å². The van der Waals surface area contributed by atoms with Gasteiger partial charge in [-0.05, 0) is 50.0 Å². The van der Waals surface area contributed by atoms with Crippen LogP contribution in [0.15, 0.2) is 18.2 Å². The second-order valence-corrected chi connectivity index (χ2v) is 6.77. The van der Waals surface area contributed by atoms with Gasteiger partial charge in [0.25, 0.3) is 0 Å². The van der Waals surface area contributed by atoms with Crippen LogP contribution in [0, 0.1) is 0 Å². The van der Waals surface area contributed by atoms with E-state index < -0.39 is 6.16 Å². The number of carbonyl (C=O) groups is 1. The van der Waals surface area contributed by atoms with Crippen LogP contribution in [0.3, 0.4) is 0 Å². The summed E-state index contributed by atoms with van der Waals surface area (Å²) in [7, 11) is 1.53. The second kappa shape index (κ2) is 8.71. The lowest BCUT2D eigenvalue weighted by atomic mass is 10.2. The van der Waals surface area contributed by atoms with Gasteiger partial charge >= 0.3 is 6.16 Å². The third kappa shape index (κ3) is 4.54. The Labute approximate surface area is 156 Å². The van der Waals surface area contributed by atoms with E-state index in [1.807, 2.05) is 18.2 Å². The number of aromatic nitrogens is 1. The number of carbonyl (C=O) groups excluding carboxylic acids is 1. The maximum atomic E-state index is 11.6. The van der Waals surface area contributed by atoms with Crippen LogP contribution in [0.25, 0.3) is 12.2 Å². The average Bonchev–Trinajstić information content (AvgIpc) is 2.89. The summed E-state index contributed by atoms with van der Waals surface area (Å²) in [4.78, 5) is 16.3. The van der Waals surface area contributed by atoms with Crippen LogP contribution < -0.4 is 14.8 Å². The fraction of sp³-hybridized carbons (Fsp3) is 0.368. The molecule has 26 heavy (non-hydrogen) atoms. The number of benzene rings is 1. The molecule has 0 spiro atoms. The van der Waals surface area contributed by atoms with Crippen molar-refractivity contribution in [2.45, 2.75) is 26.2 Å². The van der Waals surface area contributed by atoms with Gasteiger partial charge in [0, 0.05) is 6.54 Å². The molecule has 0 aliphatic carbocycles. The molecular weight excluding hydrogens is 352 g/mol. The molecule has 6 nitrogen and oxygen atoms in total. The van der Waals surface area contributed by atoms with Gasteiger partial charge in [0.05, 0.1) is 19.4 Å². The Morgan fingerprint density at radius 2 is 2.19 bits per heavy atom. The fourth-order valence-electron chi connectivity index (χ4n) is 2.65. The van der Waals surface area contributed by atoms with Crippen molar-refractivity contribution in [2.24, 2.45) is 0 Å². The third-order valence-electron chi connectivity index (χ3n) is 3.90. The Balaban J connectivity index is 1.76.